The highest BCUT2D eigenvalue weighted by Crippen LogP contribution is 2.52. The average Bonchev–Trinajstić information content (AvgIpc) is 3.66. The summed E-state index contributed by atoms with van der Waals surface area (Å²) in [6, 6.07) is 12.1. The first-order valence-electron chi connectivity index (χ1n) is 12.4. The van der Waals surface area contributed by atoms with Crippen LogP contribution in [-0.2, 0) is 11.8 Å². The molecule has 0 atom stereocenters. The number of hydrogen-bond acceptors (Lipinski definition) is 3. The summed E-state index contributed by atoms with van der Waals surface area (Å²) in [6.45, 7) is 13.7. The minimum absolute atomic E-state index is 0.113. The van der Waals surface area contributed by atoms with E-state index in [4.69, 9.17) is 4.99 Å². The predicted octanol–water partition coefficient (Wildman–Crippen LogP) is 6.78. The van der Waals surface area contributed by atoms with Gasteiger partial charge in [0.2, 0.25) is 0 Å². The minimum atomic E-state index is 0.113. The van der Waals surface area contributed by atoms with Gasteiger partial charge in [-0.25, -0.2) is 0 Å². The number of benzene rings is 1. The molecule has 0 radical (unpaired) electrons. The molecule has 0 bridgehead atoms. The molecule has 0 spiro atoms. The second kappa shape index (κ2) is 11.8. The molecule has 0 N–H and O–H groups in total. The van der Waals surface area contributed by atoms with Gasteiger partial charge in [0.25, 0.3) is 5.91 Å². The Morgan fingerprint density at radius 2 is 2.03 bits per heavy atom. The van der Waals surface area contributed by atoms with Gasteiger partial charge in [-0.2, -0.15) is 0 Å². The lowest BCUT2D eigenvalue weighted by atomic mass is 9.86. The molecule has 1 fully saturated rings. The molecule has 1 aromatic heterocycles. The number of carbonyl (C=O) groups excluding carboxylic acids is 1. The van der Waals surface area contributed by atoms with Crippen molar-refractivity contribution in [2.75, 3.05) is 13.1 Å². The number of hydrogen-bond donors (Lipinski definition) is 0. The Bertz CT molecular complexity index is 1100. The number of carbonyl (C=O) groups is 1. The summed E-state index contributed by atoms with van der Waals surface area (Å²) in [5.74, 6) is 0.113. The normalized spacial score (nSPS) is 14.9. The molecule has 4 heteroatoms. The van der Waals surface area contributed by atoms with E-state index in [-0.39, 0.29) is 11.3 Å². The van der Waals surface area contributed by atoms with Gasteiger partial charge in [0.1, 0.15) is 0 Å². The minimum Gasteiger partial charge on any atom is -0.339 e. The molecule has 4 nitrogen and oxygen atoms in total. The van der Waals surface area contributed by atoms with Crippen molar-refractivity contribution in [3.63, 3.8) is 0 Å². The fraction of sp³-hybridized carbons (Fsp3) is 0.400. The molecule has 3 rings (SSSR count). The van der Waals surface area contributed by atoms with E-state index in [0.29, 0.717) is 6.42 Å². The monoisotopic (exact) mass is 455 g/mol. The van der Waals surface area contributed by atoms with Crippen molar-refractivity contribution in [2.24, 2.45) is 4.99 Å². The Hall–Kier alpha value is -3.23. The summed E-state index contributed by atoms with van der Waals surface area (Å²) in [6.07, 6.45) is 10.6. The number of aromatic nitrogens is 1. The molecular weight excluding hydrogens is 418 g/mol. The third kappa shape index (κ3) is 6.01. The largest absolute Gasteiger partial charge is 0.339 e. The maximum absolute atomic E-state index is 13.2. The first kappa shape index (κ1) is 25.4. The molecule has 1 heterocycles. The van der Waals surface area contributed by atoms with E-state index in [1.165, 1.54) is 24.0 Å². The topological polar surface area (TPSA) is 45.6 Å². The molecule has 0 unspecified atom stereocenters. The molecule has 178 valence electrons. The third-order valence-corrected chi connectivity index (χ3v) is 6.70. The Balaban J connectivity index is 1.94. The molecule has 34 heavy (non-hydrogen) atoms. The number of rotatable bonds is 11. The SMILES string of the molecule is C=C=C/C(=C\N=C(C)Cc1cc(C(=O)N(CC)CCC)ccc1C1(CC)CC1)c1ccccn1. The maximum atomic E-state index is 13.2. The van der Waals surface area contributed by atoms with Crippen molar-refractivity contribution < 1.29 is 4.79 Å². The zero-order valence-electron chi connectivity index (χ0n) is 21.1. The second-order valence-corrected chi connectivity index (χ2v) is 9.08. The van der Waals surface area contributed by atoms with Gasteiger partial charge in [0.05, 0.1) is 5.69 Å². The lowest BCUT2D eigenvalue weighted by Crippen LogP contribution is -2.31. The van der Waals surface area contributed by atoms with Crippen LogP contribution in [0, 0.1) is 0 Å². The Labute approximate surface area is 204 Å². The van der Waals surface area contributed by atoms with Gasteiger partial charge < -0.3 is 4.90 Å². The van der Waals surface area contributed by atoms with Crippen LogP contribution in [-0.4, -0.2) is 34.6 Å². The zero-order valence-corrected chi connectivity index (χ0v) is 21.1. The van der Waals surface area contributed by atoms with Gasteiger partial charge in [0.15, 0.2) is 0 Å². The molecule has 1 aromatic carbocycles. The van der Waals surface area contributed by atoms with Gasteiger partial charge in [-0.15, -0.1) is 5.73 Å². The van der Waals surface area contributed by atoms with E-state index in [1.807, 2.05) is 49.2 Å². The number of aliphatic imine (C=N–C) groups is 1. The Morgan fingerprint density at radius 3 is 2.62 bits per heavy atom. The van der Waals surface area contributed by atoms with Crippen molar-refractivity contribution in [1.82, 2.24) is 9.88 Å². The second-order valence-electron chi connectivity index (χ2n) is 9.08. The molecular formula is C30H37N3O. The summed E-state index contributed by atoms with van der Waals surface area (Å²) >= 11 is 0. The molecule has 1 amide bonds. The summed E-state index contributed by atoms with van der Waals surface area (Å²) in [5.41, 5.74) is 9.14. The molecule has 2 aromatic rings. The van der Waals surface area contributed by atoms with Crippen LogP contribution in [0.15, 0.2) is 72.2 Å². The molecule has 0 aliphatic heterocycles. The van der Waals surface area contributed by atoms with Gasteiger partial charge in [-0.3, -0.25) is 14.8 Å². The van der Waals surface area contributed by atoms with Gasteiger partial charge in [0, 0.05) is 48.8 Å². The van der Waals surface area contributed by atoms with E-state index >= 15 is 0 Å². The fourth-order valence-corrected chi connectivity index (χ4v) is 4.53. The van der Waals surface area contributed by atoms with Crippen molar-refractivity contribution >= 4 is 17.2 Å². The van der Waals surface area contributed by atoms with Crippen molar-refractivity contribution in [1.29, 1.82) is 0 Å². The molecule has 1 aliphatic carbocycles. The van der Waals surface area contributed by atoms with Crippen molar-refractivity contribution in [3.8, 4) is 0 Å². The van der Waals surface area contributed by atoms with Crippen LogP contribution in [0.3, 0.4) is 0 Å². The smallest absolute Gasteiger partial charge is 0.253 e. The predicted molar refractivity (Wildman–Crippen MR) is 142 cm³/mol. The maximum Gasteiger partial charge on any atom is 0.253 e. The van der Waals surface area contributed by atoms with Crippen LogP contribution in [0.25, 0.3) is 5.57 Å². The van der Waals surface area contributed by atoms with E-state index in [2.05, 4.69) is 43.3 Å². The summed E-state index contributed by atoms with van der Waals surface area (Å²) in [7, 11) is 0. The number of allylic oxidation sites excluding steroid dienone is 2. The number of amides is 1. The van der Waals surface area contributed by atoms with E-state index in [9.17, 15) is 4.79 Å². The van der Waals surface area contributed by atoms with Crippen LogP contribution in [0.2, 0.25) is 0 Å². The standard InChI is InChI=1S/C30H37N3O/c1-6-12-25(28-13-10-11-18-31-28)22-32-23(5)20-26-21-24(29(34)33(9-4)19-7-2)14-15-27(26)30(8-3)16-17-30/h10-15,18,21-22H,1,7-9,16-17,19-20H2,2-5H3/b25-22+,32-23?. The lowest BCUT2D eigenvalue weighted by Gasteiger charge is -2.23. The Morgan fingerprint density at radius 1 is 1.24 bits per heavy atom. The number of pyridine rings is 1. The summed E-state index contributed by atoms with van der Waals surface area (Å²) in [4.78, 5) is 24.3. The highest BCUT2D eigenvalue weighted by atomic mass is 16.2. The highest BCUT2D eigenvalue weighted by molar-refractivity contribution is 5.95. The fourth-order valence-electron chi connectivity index (χ4n) is 4.53. The van der Waals surface area contributed by atoms with Crippen molar-refractivity contribution in [3.05, 3.63) is 89.6 Å². The Kier molecular flexibility index (Phi) is 8.79. The number of nitrogens with zero attached hydrogens (tertiary/aromatic N) is 3. The third-order valence-electron chi connectivity index (χ3n) is 6.70. The quantitative estimate of drug-likeness (QED) is 0.213. The first-order chi connectivity index (χ1) is 16.5. The first-order valence-corrected chi connectivity index (χ1v) is 12.4. The van der Waals surface area contributed by atoms with Gasteiger partial charge in [-0.05, 0) is 86.4 Å². The average molecular weight is 456 g/mol. The van der Waals surface area contributed by atoms with Crippen LogP contribution >= 0.6 is 0 Å². The van der Waals surface area contributed by atoms with Crippen LogP contribution in [0.4, 0.5) is 0 Å². The van der Waals surface area contributed by atoms with Crippen LogP contribution < -0.4 is 0 Å². The molecule has 1 aliphatic rings. The summed E-state index contributed by atoms with van der Waals surface area (Å²) in [5, 5.41) is 0. The van der Waals surface area contributed by atoms with Crippen LogP contribution in [0.1, 0.15) is 80.6 Å². The summed E-state index contributed by atoms with van der Waals surface area (Å²) < 4.78 is 0. The van der Waals surface area contributed by atoms with E-state index < -0.39 is 0 Å². The lowest BCUT2D eigenvalue weighted by molar-refractivity contribution is 0.0764. The highest BCUT2D eigenvalue weighted by Gasteiger charge is 2.43. The van der Waals surface area contributed by atoms with E-state index in [0.717, 1.165) is 48.5 Å². The van der Waals surface area contributed by atoms with Gasteiger partial charge >= 0.3 is 0 Å². The van der Waals surface area contributed by atoms with Crippen LogP contribution in [0.5, 0.6) is 0 Å². The molecule has 1 saturated carbocycles. The van der Waals surface area contributed by atoms with Crippen molar-refractivity contribution in [2.45, 2.75) is 65.2 Å². The van der Waals surface area contributed by atoms with Gasteiger partial charge in [-0.1, -0.05) is 32.6 Å². The van der Waals surface area contributed by atoms with E-state index in [1.54, 1.807) is 12.3 Å². The zero-order chi connectivity index (χ0) is 24.6. The molecule has 0 saturated heterocycles.